The lowest BCUT2D eigenvalue weighted by molar-refractivity contribution is -0.384. The van der Waals surface area contributed by atoms with Gasteiger partial charge in [0, 0.05) is 18.7 Å². The minimum atomic E-state index is -3.79. The van der Waals surface area contributed by atoms with Gasteiger partial charge < -0.3 is 5.11 Å². The van der Waals surface area contributed by atoms with Gasteiger partial charge in [-0.15, -0.1) is 0 Å². The molecule has 1 aromatic carbocycles. The minimum Gasteiger partial charge on any atom is -0.481 e. The van der Waals surface area contributed by atoms with Gasteiger partial charge in [0.15, 0.2) is 0 Å². The normalized spacial score (nSPS) is 12.8. The van der Waals surface area contributed by atoms with E-state index < -0.39 is 26.8 Å². The van der Waals surface area contributed by atoms with Crippen LogP contribution < -0.4 is 4.72 Å². The van der Waals surface area contributed by atoms with E-state index in [0.717, 1.165) is 24.3 Å². The van der Waals surface area contributed by atoms with Crippen molar-refractivity contribution in [3.05, 3.63) is 34.4 Å². The number of sulfonamides is 1. The van der Waals surface area contributed by atoms with Crippen LogP contribution in [0.1, 0.15) is 13.3 Å². The van der Waals surface area contributed by atoms with Gasteiger partial charge in [-0.2, -0.15) is 0 Å². The second kappa shape index (κ2) is 6.44. The van der Waals surface area contributed by atoms with E-state index in [0.29, 0.717) is 0 Å². The van der Waals surface area contributed by atoms with Crippen molar-refractivity contribution in [3.8, 4) is 0 Å². The molecule has 0 saturated carbocycles. The molecule has 0 aromatic heterocycles. The zero-order valence-corrected chi connectivity index (χ0v) is 11.5. The molecule has 1 aromatic rings. The number of rotatable bonds is 7. The fourth-order valence-electron chi connectivity index (χ4n) is 1.36. The van der Waals surface area contributed by atoms with Gasteiger partial charge in [-0.05, 0) is 18.6 Å². The molecule has 0 aliphatic heterocycles. The molecule has 0 fully saturated rings. The van der Waals surface area contributed by atoms with Gasteiger partial charge in [-0.25, -0.2) is 13.1 Å². The monoisotopic (exact) mass is 302 g/mol. The Balaban J connectivity index is 2.69. The zero-order valence-electron chi connectivity index (χ0n) is 10.6. The van der Waals surface area contributed by atoms with Crippen LogP contribution in [0.4, 0.5) is 5.69 Å². The van der Waals surface area contributed by atoms with E-state index >= 15 is 0 Å². The molecule has 0 amide bonds. The fourth-order valence-corrected chi connectivity index (χ4v) is 2.41. The Morgan fingerprint density at radius 2 is 1.95 bits per heavy atom. The molecule has 1 unspecified atom stereocenters. The van der Waals surface area contributed by atoms with Crippen molar-refractivity contribution in [1.29, 1.82) is 0 Å². The summed E-state index contributed by atoms with van der Waals surface area (Å²) in [6.45, 7) is 1.45. The number of nitro groups is 1. The highest BCUT2D eigenvalue weighted by molar-refractivity contribution is 7.89. The van der Waals surface area contributed by atoms with Gasteiger partial charge in [0.2, 0.25) is 10.0 Å². The highest BCUT2D eigenvalue weighted by Crippen LogP contribution is 2.15. The minimum absolute atomic E-state index is 0.0210. The van der Waals surface area contributed by atoms with Crippen molar-refractivity contribution in [1.82, 2.24) is 4.72 Å². The Bertz CT molecular complexity index is 596. The number of nitrogens with one attached hydrogen (secondary N) is 1. The molecule has 2 N–H and O–H groups in total. The molecule has 0 bridgehead atoms. The maximum atomic E-state index is 11.8. The molecule has 0 aliphatic carbocycles. The maximum absolute atomic E-state index is 11.8. The van der Waals surface area contributed by atoms with Crippen molar-refractivity contribution < 1.29 is 23.2 Å². The number of nitro benzene ring substituents is 1. The average molecular weight is 302 g/mol. The van der Waals surface area contributed by atoms with E-state index in [1.165, 1.54) is 6.92 Å². The number of hydrogen-bond donors (Lipinski definition) is 2. The Morgan fingerprint density at radius 1 is 1.40 bits per heavy atom. The van der Waals surface area contributed by atoms with E-state index in [1.54, 1.807) is 0 Å². The molecule has 20 heavy (non-hydrogen) atoms. The van der Waals surface area contributed by atoms with Crippen LogP contribution in [0, 0.1) is 16.0 Å². The summed E-state index contributed by atoms with van der Waals surface area (Å²) >= 11 is 0. The lowest BCUT2D eigenvalue weighted by Gasteiger charge is -2.08. The lowest BCUT2D eigenvalue weighted by Crippen LogP contribution is -2.27. The standard InChI is InChI=1S/C11H14N2O6S/c1-8(11(14)15)6-7-12-20(18,19)10-4-2-9(3-5-10)13(16)17/h2-5,8,12H,6-7H2,1H3,(H,14,15). The number of carbonyl (C=O) groups is 1. The van der Waals surface area contributed by atoms with E-state index in [1.807, 2.05) is 0 Å². The van der Waals surface area contributed by atoms with Gasteiger partial charge in [0.1, 0.15) is 0 Å². The molecule has 1 rings (SSSR count). The van der Waals surface area contributed by atoms with Crippen LogP contribution in [0.25, 0.3) is 0 Å². The molecule has 9 heteroatoms. The Kier molecular flexibility index (Phi) is 5.17. The molecule has 8 nitrogen and oxygen atoms in total. The summed E-state index contributed by atoms with van der Waals surface area (Å²) in [5.41, 5.74) is -0.205. The molecule has 0 radical (unpaired) electrons. The predicted molar refractivity (Wildman–Crippen MR) is 69.7 cm³/mol. The summed E-state index contributed by atoms with van der Waals surface area (Å²) in [6.07, 6.45) is 0.154. The van der Waals surface area contributed by atoms with Crippen LogP contribution in [0.2, 0.25) is 0 Å². The molecular weight excluding hydrogens is 288 g/mol. The van der Waals surface area contributed by atoms with Crippen molar-refractivity contribution in [2.24, 2.45) is 5.92 Å². The summed E-state index contributed by atoms with van der Waals surface area (Å²) in [5, 5.41) is 19.1. The third-order valence-electron chi connectivity index (χ3n) is 2.65. The number of hydrogen-bond acceptors (Lipinski definition) is 5. The summed E-state index contributed by atoms with van der Waals surface area (Å²) in [5.74, 6) is -1.66. The van der Waals surface area contributed by atoms with E-state index in [4.69, 9.17) is 5.11 Å². The van der Waals surface area contributed by atoms with Crippen molar-refractivity contribution in [2.75, 3.05) is 6.54 Å². The topological polar surface area (TPSA) is 127 Å². The number of carboxylic acid groups (broad SMARTS) is 1. The molecule has 0 saturated heterocycles. The van der Waals surface area contributed by atoms with Gasteiger partial charge in [0.25, 0.3) is 5.69 Å². The van der Waals surface area contributed by atoms with Crippen LogP contribution in [0.15, 0.2) is 29.2 Å². The largest absolute Gasteiger partial charge is 0.481 e. The third-order valence-corrected chi connectivity index (χ3v) is 4.13. The highest BCUT2D eigenvalue weighted by atomic mass is 32.2. The Hall–Kier alpha value is -2.00. The Morgan fingerprint density at radius 3 is 2.40 bits per heavy atom. The number of benzene rings is 1. The zero-order chi connectivity index (χ0) is 15.3. The lowest BCUT2D eigenvalue weighted by atomic mass is 10.1. The Labute approximate surface area is 115 Å². The van der Waals surface area contributed by atoms with E-state index in [9.17, 15) is 23.3 Å². The first kappa shape index (κ1) is 16.1. The average Bonchev–Trinajstić information content (AvgIpc) is 2.38. The van der Waals surface area contributed by atoms with E-state index in [-0.39, 0.29) is 23.5 Å². The van der Waals surface area contributed by atoms with Gasteiger partial charge >= 0.3 is 5.97 Å². The first-order valence-corrected chi connectivity index (χ1v) is 7.19. The van der Waals surface area contributed by atoms with Crippen LogP contribution in [-0.4, -0.2) is 31.0 Å². The molecule has 0 heterocycles. The number of carboxylic acids is 1. The van der Waals surface area contributed by atoms with Crippen molar-refractivity contribution >= 4 is 21.7 Å². The molecular formula is C11H14N2O6S. The maximum Gasteiger partial charge on any atom is 0.306 e. The quantitative estimate of drug-likeness (QED) is 0.571. The predicted octanol–water partition coefficient (Wildman–Crippen LogP) is 0.984. The molecule has 0 aliphatic rings. The molecule has 110 valence electrons. The number of aliphatic carboxylic acids is 1. The smallest absolute Gasteiger partial charge is 0.306 e. The van der Waals surface area contributed by atoms with Gasteiger partial charge in [-0.3, -0.25) is 14.9 Å². The van der Waals surface area contributed by atoms with Crippen LogP contribution in [-0.2, 0) is 14.8 Å². The molecule has 0 spiro atoms. The summed E-state index contributed by atoms with van der Waals surface area (Å²) < 4.78 is 25.9. The van der Waals surface area contributed by atoms with Crippen LogP contribution in [0.5, 0.6) is 0 Å². The third kappa shape index (κ3) is 4.28. The second-order valence-corrected chi connectivity index (χ2v) is 5.94. The number of nitrogens with zero attached hydrogens (tertiary/aromatic N) is 1. The van der Waals surface area contributed by atoms with Crippen LogP contribution in [0.3, 0.4) is 0 Å². The SMILES string of the molecule is CC(CCNS(=O)(=O)c1ccc([N+](=O)[O-])cc1)C(=O)O. The summed E-state index contributed by atoms with van der Waals surface area (Å²) in [7, 11) is -3.79. The van der Waals surface area contributed by atoms with Gasteiger partial charge in [0.05, 0.1) is 15.7 Å². The van der Waals surface area contributed by atoms with Gasteiger partial charge in [-0.1, -0.05) is 6.92 Å². The highest BCUT2D eigenvalue weighted by Gasteiger charge is 2.17. The van der Waals surface area contributed by atoms with E-state index in [2.05, 4.69) is 4.72 Å². The van der Waals surface area contributed by atoms with Crippen molar-refractivity contribution in [3.63, 3.8) is 0 Å². The molecule has 1 atom stereocenters. The number of non-ortho nitro benzene ring substituents is 1. The van der Waals surface area contributed by atoms with Crippen molar-refractivity contribution in [2.45, 2.75) is 18.2 Å². The first-order valence-electron chi connectivity index (χ1n) is 5.71. The first-order chi connectivity index (χ1) is 9.24. The second-order valence-electron chi connectivity index (χ2n) is 4.18. The fraction of sp³-hybridized carbons (Fsp3) is 0.364. The summed E-state index contributed by atoms with van der Waals surface area (Å²) in [4.78, 5) is 20.3. The van der Waals surface area contributed by atoms with Crippen LogP contribution >= 0.6 is 0 Å². The summed E-state index contributed by atoms with van der Waals surface area (Å²) in [6, 6.07) is 4.44.